The van der Waals surface area contributed by atoms with Crippen molar-refractivity contribution in [2.24, 2.45) is 0 Å². The van der Waals surface area contributed by atoms with Crippen molar-refractivity contribution in [2.75, 3.05) is 4.90 Å². The first kappa shape index (κ1) is 15.7. The third-order valence-corrected chi connectivity index (χ3v) is 8.73. The Kier molecular flexibility index (Phi) is 3.62. The fourth-order valence-electron chi connectivity index (χ4n) is 6.45. The van der Waals surface area contributed by atoms with Crippen molar-refractivity contribution in [3.05, 3.63) is 188 Å². The average molecular weight is 656 g/mol. The summed E-state index contributed by atoms with van der Waals surface area (Å²) in [6.07, 6.45) is 0. The van der Waals surface area contributed by atoms with Gasteiger partial charge in [-0.1, -0.05) is 145 Å². The van der Waals surface area contributed by atoms with Gasteiger partial charge >= 0.3 is 0 Å². The topological polar surface area (TPSA) is 16.4 Å². The highest BCUT2D eigenvalue weighted by Gasteiger charge is 2.20. The number of anilines is 3. The molecule has 2 nitrogen and oxygen atoms in total. The zero-order valence-corrected chi connectivity index (χ0v) is 25.9. The van der Waals surface area contributed by atoms with Gasteiger partial charge in [0.05, 0.1) is 36.0 Å². The second kappa shape index (κ2) is 11.5. The lowest BCUT2D eigenvalue weighted by Gasteiger charge is -2.29. The summed E-state index contributed by atoms with van der Waals surface area (Å²) in [5, 5.41) is 1.50. The van der Waals surface area contributed by atoms with Crippen LogP contribution in [0.25, 0.3) is 76.5 Å². The van der Waals surface area contributed by atoms with Crippen molar-refractivity contribution in [2.45, 2.75) is 0 Å². The van der Waals surface area contributed by atoms with Crippen LogP contribution in [0.5, 0.6) is 0 Å². The molecule has 10 rings (SSSR count). The summed E-state index contributed by atoms with van der Waals surface area (Å²) in [5.74, 6) is 0. The molecule has 0 atom stereocenters. The van der Waals surface area contributed by atoms with Crippen LogP contribution >= 0.6 is 0 Å². The normalized spacial score (nSPS) is 16.6. The number of hydrogen-bond donors (Lipinski definition) is 0. The van der Waals surface area contributed by atoms with Crippen LogP contribution in [-0.2, 0) is 0 Å². The molecular weight excluding hydrogens is 607 g/mol. The van der Waals surface area contributed by atoms with Crippen molar-refractivity contribution in [1.82, 2.24) is 0 Å². The van der Waals surface area contributed by atoms with E-state index in [1.54, 1.807) is 30.3 Å². The lowest BCUT2D eigenvalue weighted by molar-refractivity contribution is 0.672. The molecule has 50 heavy (non-hydrogen) atoms. The van der Waals surface area contributed by atoms with E-state index in [0.29, 0.717) is 27.7 Å². The number of rotatable bonds is 5. The summed E-state index contributed by atoms with van der Waals surface area (Å²) in [6.45, 7) is 0. The predicted molar refractivity (Wildman–Crippen MR) is 212 cm³/mol. The SMILES string of the molecule is [2H]c1c([2H])c(N(c2ccccc2-c2ccc3oc4c5ccccc5ccc4c3c2)c2c([2H])c([2H])c([2H])c3c([2H])c([2H])c([2H])c([2H])c23)c([2H])c([2H])c1-c1c([2H])c([2H])c([2H])c2c([2H])c([2H])c([2H])c([2H])c12. The minimum absolute atomic E-state index is 0.0470. The van der Waals surface area contributed by atoms with Crippen LogP contribution in [0.4, 0.5) is 17.1 Å². The molecule has 0 saturated carbocycles. The first-order chi connectivity index (χ1) is 32.3. The Morgan fingerprint density at radius 2 is 1.14 bits per heavy atom. The number of fused-ring (bicyclic) bond motifs is 7. The van der Waals surface area contributed by atoms with Gasteiger partial charge in [0.2, 0.25) is 0 Å². The summed E-state index contributed by atoms with van der Waals surface area (Å²) in [4.78, 5) is 1.10. The number of nitrogens with zero attached hydrogens (tertiary/aromatic N) is 1. The average Bonchev–Trinajstić information content (AvgIpc) is 3.72. The minimum Gasteiger partial charge on any atom is -0.455 e. The molecule has 0 amide bonds. The summed E-state index contributed by atoms with van der Waals surface area (Å²) in [5.41, 5.74) is -0.196. The highest BCUT2D eigenvalue weighted by Crippen LogP contribution is 2.45. The quantitative estimate of drug-likeness (QED) is 0.183. The number of para-hydroxylation sites is 1. The summed E-state index contributed by atoms with van der Waals surface area (Å²) < 4.78 is 168. The molecule has 0 radical (unpaired) electrons. The van der Waals surface area contributed by atoms with Crippen LogP contribution in [0, 0.1) is 0 Å². The second-order valence-corrected chi connectivity index (χ2v) is 11.5. The molecule has 0 unspecified atom stereocenters. The molecule has 0 saturated heterocycles. The number of furan rings is 1. The van der Waals surface area contributed by atoms with Crippen LogP contribution in [0.2, 0.25) is 0 Å². The molecule has 0 aliphatic heterocycles. The van der Waals surface area contributed by atoms with Crippen molar-refractivity contribution >= 4 is 71.3 Å². The maximum atomic E-state index is 9.73. The van der Waals surface area contributed by atoms with Gasteiger partial charge < -0.3 is 9.32 Å². The fraction of sp³-hybridized carbons (Fsp3) is 0. The molecule has 1 aromatic heterocycles. The lowest BCUT2D eigenvalue weighted by atomic mass is 9.97. The second-order valence-electron chi connectivity index (χ2n) is 11.5. The first-order valence-corrected chi connectivity index (χ1v) is 15.6. The molecule has 0 spiro atoms. The van der Waals surface area contributed by atoms with Gasteiger partial charge in [0.25, 0.3) is 0 Å². The zero-order chi connectivity index (χ0) is 48.7. The van der Waals surface area contributed by atoms with Crippen LogP contribution in [0.15, 0.2) is 192 Å². The molecule has 1 heterocycles. The van der Waals surface area contributed by atoms with Gasteiger partial charge in [0.15, 0.2) is 0 Å². The Hall–Kier alpha value is -6.64. The van der Waals surface area contributed by atoms with E-state index < -0.39 is 153 Å². The van der Waals surface area contributed by atoms with Gasteiger partial charge in [-0.25, -0.2) is 0 Å². The van der Waals surface area contributed by atoms with E-state index in [2.05, 4.69) is 0 Å². The van der Waals surface area contributed by atoms with Gasteiger partial charge in [-0.2, -0.15) is 0 Å². The molecule has 9 aromatic carbocycles. The standard InChI is InChI=1S/C48H31NO/c1-4-16-38-32(11-1)14-9-20-39(38)35-23-27-37(28-24-35)49(46-22-10-15-33-12-2-5-17-40(33)46)45-21-8-7-18-41(45)36-26-30-47-44(31-36)43-29-25-34-13-3-6-19-42(34)48(43)50-47/h1-31H/i1D,2D,4D,5D,9D,10D,11D,12D,14D,15D,16D,17D,20D,22D,23D,24D,27D,28D. The van der Waals surface area contributed by atoms with Crippen molar-refractivity contribution in [3.63, 3.8) is 0 Å². The molecule has 0 aliphatic rings. The Balaban J connectivity index is 1.34. The fourth-order valence-corrected chi connectivity index (χ4v) is 6.45. The highest BCUT2D eigenvalue weighted by atomic mass is 16.3. The van der Waals surface area contributed by atoms with E-state index in [4.69, 9.17) is 20.9 Å². The zero-order valence-electron chi connectivity index (χ0n) is 43.9. The van der Waals surface area contributed by atoms with E-state index in [1.165, 1.54) is 6.07 Å². The maximum absolute atomic E-state index is 9.73. The van der Waals surface area contributed by atoms with Crippen LogP contribution in [0.1, 0.15) is 24.7 Å². The van der Waals surface area contributed by atoms with E-state index in [9.17, 15) is 8.22 Å². The van der Waals surface area contributed by atoms with E-state index >= 15 is 0 Å². The predicted octanol–water partition coefficient (Wildman–Crippen LogP) is 13.8. The molecule has 0 fully saturated rings. The van der Waals surface area contributed by atoms with Gasteiger partial charge in [-0.05, 0) is 80.6 Å². The Bertz CT molecular complexity index is 3880. The summed E-state index contributed by atoms with van der Waals surface area (Å²) in [7, 11) is 0. The smallest absolute Gasteiger partial charge is 0.143 e. The minimum atomic E-state index is -0.873. The van der Waals surface area contributed by atoms with Crippen molar-refractivity contribution in [3.8, 4) is 22.3 Å². The van der Waals surface area contributed by atoms with Gasteiger partial charge in [0, 0.05) is 32.8 Å². The largest absolute Gasteiger partial charge is 0.455 e. The summed E-state index contributed by atoms with van der Waals surface area (Å²) >= 11 is 0. The van der Waals surface area contributed by atoms with Crippen LogP contribution in [-0.4, -0.2) is 0 Å². The highest BCUT2D eigenvalue weighted by molar-refractivity contribution is 6.16. The molecule has 0 N–H and O–H groups in total. The maximum Gasteiger partial charge on any atom is 0.143 e. The molecule has 10 aromatic rings. The number of hydrogen-bond acceptors (Lipinski definition) is 2. The third kappa shape index (κ3) is 4.57. The third-order valence-electron chi connectivity index (χ3n) is 8.73. The molecule has 2 heteroatoms. The Morgan fingerprint density at radius 3 is 2.02 bits per heavy atom. The van der Waals surface area contributed by atoms with E-state index in [-0.39, 0.29) is 5.69 Å². The van der Waals surface area contributed by atoms with Gasteiger partial charge in [-0.15, -0.1) is 0 Å². The van der Waals surface area contributed by atoms with E-state index in [0.717, 1.165) is 21.1 Å². The van der Waals surface area contributed by atoms with Gasteiger partial charge in [-0.3, -0.25) is 0 Å². The Morgan fingerprint density at radius 1 is 0.420 bits per heavy atom. The molecular formula is C48H31NO. The molecule has 0 aliphatic carbocycles. The monoisotopic (exact) mass is 655 g/mol. The van der Waals surface area contributed by atoms with Gasteiger partial charge in [0.1, 0.15) is 11.2 Å². The van der Waals surface area contributed by atoms with Crippen molar-refractivity contribution < 1.29 is 29.1 Å². The molecule has 234 valence electrons. The number of benzene rings is 9. The van der Waals surface area contributed by atoms with Crippen LogP contribution in [0.3, 0.4) is 0 Å². The summed E-state index contributed by atoms with van der Waals surface area (Å²) in [6, 6.07) is 9.57. The van der Waals surface area contributed by atoms with Crippen molar-refractivity contribution in [1.29, 1.82) is 0 Å². The van der Waals surface area contributed by atoms with E-state index in [1.807, 2.05) is 42.5 Å². The Labute approximate surface area is 315 Å². The molecule has 0 bridgehead atoms. The lowest BCUT2D eigenvalue weighted by Crippen LogP contribution is -2.11. The van der Waals surface area contributed by atoms with Crippen LogP contribution < -0.4 is 4.90 Å². The first-order valence-electron chi connectivity index (χ1n) is 24.6.